The number of imidazole rings is 1. The van der Waals surface area contributed by atoms with Crippen molar-refractivity contribution in [2.24, 2.45) is 0 Å². The third-order valence-electron chi connectivity index (χ3n) is 2.70. The predicted octanol–water partition coefficient (Wildman–Crippen LogP) is 4.96. The van der Waals surface area contributed by atoms with Crippen LogP contribution in [-0.2, 0) is 0 Å². The van der Waals surface area contributed by atoms with E-state index >= 15 is 0 Å². The van der Waals surface area contributed by atoms with Crippen molar-refractivity contribution in [3.8, 4) is 11.3 Å². The van der Waals surface area contributed by atoms with Crippen LogP contribution in [0.1, 0.15) is 0 Å². The van der Waals surface area contributed by atoms with Crippen molar-refractivity contribution >= 4 is 40.4 Å². The van der Waals surface area contributed by atoms with E-state index < -0.39 is 0 Å². The summed E-state index contributed by atoms with van der Waals surface area (Å²) in [6.07, 6.45) is 3.67. The van der Waals surface area contributed by atoms with Crippen LogP contribution in [0.5, 0.6) is 0 Å². The average molecular weight is 298 g/mol. The molecular formula is C13H7Cl3N2. The topological polar surface area (TPSA) is 17.3 Å². The third-order valence-corrected chi connectivity index (χ3v) is 3.74. The summed E-state index contributed by atoms with van der Waals surface area (Å²) in [7, 11) is 0. The highest BCUT2D eigenvalue weighted by molar-refractivity contribution is 6.42. The maximum atomic E-state index is 6.08. The van der Waals surface area contributed by atoms with E-state index in [1.54, 1.807) is 12.3 Å². The lowest BCUT2D eigenvalue weighted by Crippen LogP contribution is -1.88. The number of nitrogens with zero attached hydrogens (tertiary/aromatic N) is 2. The number of hydrogen-bond acceptors (Lipinski definition) is 1. The third kappa shape index (κ3) is 1.87. The van der Waals surface area contributed by atoms with E-state index in [0.29, 0.717) is 15.1 Å². The van der Waals surface area contributed by atoms with Crippen LogP contribution in [0, 0.1) is 0 Å². The molecule has 0 spiro atoms. The molecule has 2 nitrogen and oxygen atoms in total. The van der Waals surface area contributed by atoms with Gasteiger partial charge in [-0.2, -0.15) is 0 Å². The van der Waals surface area contributed by atoms with Gasteiger partial charge in [0.25, 0.3) is 0 Å². The first-order valence-corrected chi connectivity index (χ1v) is 6.37. The molecule has 3 aromatic rings. The highest BCUT2D eigenvalue weighted by Gasteiger charge is 2.09. The lowest BCUT2D eigenvalue weighted by molar-refractivity contribution is 1.19. The molecule has 0 aliphatic rings. The quantitative estimate of drug-likeness (QED) is 0.620. The molecule has 0 aliphatic carbocycles. The SMILES string of the molecule is Clc1ccc(-c2cnc3c(Cl)cccn23)cc1Cl. The van der Waals surface area contributed by atoms with Crippen LogP contribution in [0.4, 0.5) is 0 Å². The molecule has 0 atom stereocenters. The first kappa shape index (κ1) is 11.8. The van der Waals surface area contributed by atoms with Crippen LogP contribution in [0.25, 0.3) is 16.9 Å². The summed E-state index contributed by atoms with van der Waals surface area (Å²) >= 11 is 18.0. The maximum absolute atomic E-state index is 6.08. The summed E-state index contributed by atoms with van der Waals surface area (Å²) in [5, 5.41) is 1.67. The minimum atomic E-state index is 0.520. The average Bonchev–Trinajstić information content (AvgIpc) is 2.78. The Morgan fingerprint density at radius 1 is 0.944 bits per heavy atom. The Morgan fingerprint density at radius 2 is 1.78 bits per heavy atom. The zero-order chi connectivity index (χ0) is 12.7. The summed E-state index contributed by atoms with van der Waals surface area (Å²) in [6, 6.07) is 9.16. The van der Waals surface area contributed by atoms with E-state index in [-0.39, 0.29) is 0 Å². The van der Waals surface area contributed by atoms with Gasteiger partial charge in [0.05, 0.1) is 27.0 Å². The number of hydrogen-bond donors (Lipinski definition) is 0. The van der Waals surface area contributed by atoms with E-state index in [1.807, 2.05) is 34.9 Å². The minimum Gasteiger partial charge on any atom is -0.298 e. The molecule has 18 heavy (non-hydrogen) atoms. The molecule has 0 amide bonds. The lowest BCUT2D eigenvalue weighted by atomic mass is 10.2. The fourth-order valence-corrected chi connectivity index (χ4v) is 2.36. The van der Waals surface area contributed by atoms with Gasteiger partial charge in [-0.05, 0) is 24.3 Å². The van der Waals surface area contributed by atoms with Crippen molar-refractivity contribution in [1.29, 1.82) is 0 Å². The van der Waals surface area contributed by atoms with Crippen LogP contribution >= 0.6 is 34.8 Å². The molecule has 0 saturated carbocycles. The Morgan fingerprint density at radius 3 is 2.56 bits per heavy atom. The molecule has 1 aromatic carbocycles. The summed E-state index contributed by atoms with van der Waals surface area (Å²) in [4.78, 5) is 4.30. The molecule has 0 radical (unpaired) electrons. The van der Waals surface area contributed by atoms with Crippen LogP contribution in [0.15, 0.2) is 42.7 Å². The molecule has 0 aliphatic heterocycles. The van der Waals surface area contributed by atoms with Crippen LogP contribution < -0.4 is 0 Å². The largest absolute Gasteiger partial charge is 0.298 e. The van der Waals surface area contributed by atoms with Crippen molar-refractivity contribution in [2.75, 3.05) is 0 Å². The summed E-state index contributed by atoms with van der Waals surface area (Å²) < 4.78 is 1.92. The van der Waals surface area contributed by atoms with Crippen LogP contribution in [0.3, 0.4) is 0 Å². The number of pyridine rings is 1. The van der Waals surface area contributed by atoms with Crippen LogP contribution in [-0.4, -0.2) is 9.38 Å². The Kier molecular flexibility index (Phi) is 2.94. The first-order valence-electron chi connectivity index (χ1n) is 5.24. The van der Waals surface area contributed by atoms with Gasteiger partial charge in [-0.1, -0.05) is 40.9 Å². The van der Waals surface area contributed by atoms with Gasteiger partial charge < -0.3 is 0 Å². The second kappa shape index (κ2) is 4.47. The van der Waals surface area contributed by atoms with Gasteiger partial charge in [-0.3, -0.25) is 4.40 Å². The number of fused-ring (bicyclic) bond motifs is 1. The smallest absolute Gasteiger partial charge is 0.156 e. The molecule has 5 heteroatoms. The number of rotatable bonds is 1. The minimum absolute atomic E-state index is 0.520. The fourth-order valence-electron chi connectivity index (χ4n) is 1.85. The predicted molar refractivity (Wildman–Crippen MR) is 75.7 cm³/mol. The number of benzene rings is 1. The standard InChI is InChI=1S/C13H7Cl3N2/c14-9-4-3-8(6-11(9)16)12-7-17-13-10(15)2-1-5-18(12)13/h1-7H. The monoisotopic (exact) mass is 296 g/mol. The van der Waals surface area contributed by atoms with Gasteiger partial charge in [-0.25, -0.2) is 4.98 Å². The molecule has 0 unspecified atom stereocenters. The highest BCUT2D eigenvalue weighted by Crippen LogP contribution is 2.29. The van der Waals surface area contributed by atoms with E-state index in [4.69, 9.17) is 34.8 Å². The summed E-state index contributed by atoms with van der Waals surface area (Å²) in [6.45, 7) is 0. The molecule has 0 bridgehead atoms. The zero-order valence-corrected chi connectivity index (χ0v) is 11.3. The second-order valence-corrected chi connectivity index (χ2v) is 5.04. The lowest BCUT2D eigenvalue weighted by Gasteiger charge is -2.04. The molecule has 3 rings (SSSR count). The van der Waals surface area contributed by atoms with Crippen molar-refractivity contribution in [1.82, 2.24) is 9.38 Å². The molecule has 0 fully saturated rings. The van der Waals surface area contributed by atoms with Gasteiger partial charge in [-0.15, -0.1) is 0 Å². The van der Waals surface area contributed by atoms with Crippen molar-refractivity contribution in [3.05, 3.63) is 57.8 Å². The van der Waals surface area contributed by atoms with Crippen molar-refractivity contribution in [2.45, 2.75) is 0 Å². The molecule has 0 N–H and O–H groups in total. The number of halogens is 3. The first-order chi connectivity index (χ1) is 8.66. The van der Waals surface area contributed by atoms with Gasteiger partial charge >= 0.3 is 0 Å². The van der Waals surface area contributed by atoms with E-state index in [9.17, 15) is 0 Å². The molecular weight excluding hydrogens is 291 g/mol. The molecule has 0 saturated heterocycles. The summed E-state index contributed by atoms with van der Waals surface area (Å²) in [5.41, 5.74) is 2.59. The Hall–Kier alpha value is -1.22. The van der Waals surface area contributed by atoms with E-state index in [2.05, 4.69) is 4.98 Å². The van der Waals surface area contributed by atoms with Crippen molar-refractivity contribution in [3.63, 3.8) is 0 Å². The van der Waals surface area contributed by atoms with Crippen LogP contribution in [0.2, 0.25) is 15.1 Å². The van der Waals surface area contributed by atoms with Gasteiger partial charge in [0.2, 0.25) is 0 Å². The Labute approximate surface area is 119 Å². The van der Waals surface area contributed by atoms with Gasteiger partial charge in [0.15, 0.2) is 5.65 Å². The van der Waals surface area contributed by atoms with Gasteiger partial charge in [0, 0.05) is 11.8 Å². The summed E-state index contributed by atoms with van der Waals surface area (Å²) in [5.74, 6) is 0. The highest BCUT2D eigenvalue weighted by atomic mass is 35.5. The fraction of sp³-hybridized carbons (Fsp3) is 0. The maximum Gasteiger partial charge on any atom is 0.156 e. The van der Waals surface area contributed by atoms with Crippen molar-refractivity contribution < 1.29 is 0 Å². The van der Waals surface area contributed by atoms with E-state index in [1.165, 1.54) is 0 Å². The van der Waals surface area contributed by atoms with E-state index in [0.717, 1.165) is 16.9 Å². The van der Waals surface area contributed by atoms with Gasteiger partial charge in [0.1, 0.15) is 0 Å². The molecule has 2 aromatic heterocycles. The Balaban J connectivity index is 2.25. The normalized spacial score (nSPS) is 11.1. The second-order valence-electron chi connectivity index (χ2n) is 3.82. The molecule has 2 heterocycles. The molecule has 90 valence electrons. The Bertz CT molecular complexity index is 734. The zero-order valence-electron chi connectivity index (χ0n) is 9.07. The number of aromatic nitrogens is 2.